The fourth-order valence-corrected chi connectivity index (χ4v) is 2.84. The molecule has 0 radical (unpaired) electrons. The van der Waals surface area contributed by atoms with Crippen molar-refractivity contribution in [3.05, 3.63) is 33.8 Å². The van der Waals surface area contributed by atoms with Crippen molar-refractivity contribution in [1.29, 1.82) is 0 Å². The predicted octanol–water partition coefficient (Wildman–Crippen LogP) is 2.06. The number of carbonyl (C=O) groups is 3. The van der Waals surface area contributed by atoms with E-state index in [1.165, 1.54) is 6.92 Å². The minimum absolute atomic E-state index is 0.131. The highest BCUT2D eigenvalue weighted by Gasteiger charge is 2.26. The highest BCUT2D eigenvalue weighted by Crippen LogP contribution is 2.22. The molecule has 1 rings (SSSR count). The lowest BCUT2D eigenvalue weighted by atomic mass is 10.0. The van der Waals surface area contributed by atoms with Crippen LogP contribution in [0.5, 0.6) is 0 Å². The molecule has 0 heterocycles. The Bertz CT molecular complexity index is 650. The summed E-state index contributed by atoms with van der Waals surface area (Å²) in [6.45, 7) is 5.20. The molecule has 4 N–H and O–H groups in total. The fourth-order valence-electron chi connectivity index (χ4n) is 2.35. The van der Waals surface area contributed by atoms with Gasteiger partial charge in [-0.3, -0.25) is 14.4 Å². The third-order valence-electron chi connectivity index (χ3n) is 3.50. The number of hydrogen-bond acceptors (Lipinski definition) is 3. The van der Waals surface area contributed by atoms with Gasteiger partial charge in [0, 0.05) is 23.4 Å². The zero-order valence-corrected chi connectivity index (χ0v) is 15.9. The Morgan fingerprint density at radius 2 is 1.76 bits per heavy atom. The van der Waals surface area contributed by atoms with Gasteiger partial charge >= 0.3 is 0 Å². The zero-order chi connectivity index (χ0) is 19.1. The largest absolute Gasteiger partial charge is 0.368 e. The van der Waals surface area contributed by atoms with Gasteiger partial charge in [0.1, 0.15) is 12.1 Å². The Morgan fingerprint density at radius 1 is 1.12 bits per heavy atom. The van der Waals surface area contributed by atoms with Gasteiger partial charge in [0.2, 0.25) is 17.7 Å². The van der Waals surface area contributed by atoms with E-state index in [9.17, 15) is 14.4 Å². The van der Waals surface area contributed by atoms with Crippen LogP contribution in [0.3, 0.4) is 0 Å². The summed E-state index contributed by atoms with van der Waals surface area (Å²) in [5.41, 5.74) is 6.04. The topological polar surface area (TPSA) is 101 Å². The summed E-state index contributed by atoms with van der Waals surface area (Å²) in [7, 11) is 0. The summed E-state index contributed by atoms with van der Waals surface area (Å²) in [5, 5.41) is 6.04. The first-order valence-corrected chi connectivity index (χ1v) is 8.66. The van der Waals surface area contributed by atoms with Crippen LogP contribution in [0.1, 0.15) is 32.8 Å². The highest BCUT2D eigenvalue weighted by atomic mass is 35.5. The molecule has 0 aliphatic heterocycles. The van der Waals surface area contributed by atoms with Crippen LogP contribution in [-0.2, 0) is 20.8 Å². The van der Waals surface area contributed by atoms with Gasteiger partial charge in [0.25, 0.3) is 0 Å². The second-order valence-electron chi connectivity index (χ2n) is 6.29. The number of primary amides is 1. The molecule has 0 saturated carbocycles. The van der Waals surface area contributed by atoms with Crippen LogP contribution in [0.4, 0.5) is 0 Å². The van der Waals surface area contributed by atoms with E-state index in [-0.39, 0.29) is 18.2 Å². The lowest BCUT2D eigenvalue weighted by Crippen LogP contribution is -2.53. The van der Waals surface area contributed by atoms with Crippen molar-refractivity contribution in [3.8, 4) is 0 Å². The third kappa shape index (κ3) is 7.32. The molecule has 0 aliphatic carbocycles. The molecular formula is C17H23Cl2N3O3. The van der Waals surface area contributed by atoms with Gasteiger partial charge in [0.05, 0.1) is 0 Å². The molecule has 8 heteroatoms. The first-order chi connectivity index (χ1) is 11.6. The molecule has 2 atom stereocenters. The van der Waals surface area contributed by atoms with Crippen molar-refractivity contribution in [3.63, 3.8) is 0 Å². The maximum absolute atomic E-state index is 12.5. The van der Waals surface area contributed by atoms with E-state index >= 15 is 0 Å². The summed E-state index contributed by atoms with van der Waals surface area (Å²) in [4.78, 5) is 35.5. The maximum atomic E-state index is 12.5. The Balaban J connectivity index is 2.89. The molecule has 25 heavy (non-hydrogen) atoms. The van der Waals surface area contributed by atoms with Crippen molar-refractivity contribution in [2.75, 3.05) is 0 Å². The van der Waals surface area contributed by atoms with Gasteiger partial charge in [-0.15, -0.1) is 0 Å². The number of amides is 3. The van der Waals surface area contributed by atoms with Crippen LogP contribution in [0.2, 0.25) is 10.0 Å². The first kappa shape index (κ1) is 21.3. The van der Waals surface area contributed by atoms with Gasteiger partial charge in [-0.1, -0.05) is 43.1 Å². The molecule has 0 aromatic heterocycles. The number of nitrogens with one attached hydrogen (secondary N) is 2. The zero-order valence-electron chi connectivity index (χ0n) is 14.4. The summed E-state index contributed by atoms with van der Waals surface area (Å²) in [6, 6.07) is 3.18. The molecule has 0 unspecified atom stereocenters. The lowest BCUT2D eigenvalue weighted by Gasteiger charge is -2.23. The number of benzene rings is 1. The quantitative estimate of drug-likeness (QED) is 0.635. The highest BCUT2D eigenvalue weighted by molar-refractivity contribution is 6.35. The minimum atomic E-state index is -0.949. The van der Waals surface area contributed by atoms with E-state index in [4.69, 9.17) is 28.9 Å². The number of rotatable bonds is 8. The van der Waals surface area contributed by atoms with E-state index in [0.717, 1.165) is 0 Å². The van der Waals surface area contributed by atoms with Crippen LogP contribution in [-0.4, -0.2) is 29.8 Å². The van der Waals surface area contributed by atoms with Crippen molar-refractivity contribution in [2.45, 2.75) is 45.7 Å². The van der Waals surface area contributed by atoms with Crippen LogP contribution in [0, 0.1) is 5.92 Å². The standard InChI is InChI=1S/C17H23Cl2N3O3/c1-9(2)6-15(21-10(3)23)17(25)22-14(16(20)24)7-11-4-5-12(18)8-13(11)19/h4-5,8-9,14-15H,6-7H2,1-3H3,(H2,20,24)(H,21,23)(H,22,25)/t14-,15+/m1/s1. The predicted molar refractivity (Wildman–Crippen MR) is 98.4 cm³/mol. The van der Waals surface area contributed by atoms with Crippen LogP contribution in [0.15, 0.2) is 18.2 Å². The van der Waals surface area contributed by atoms with Gasteiger partial charge in [0.15, 0.2) is 0 Å². The second kappa shape index (κ2) is 9.63. The van der Waals surface area contributed by atoms with E-state index in [1.54, 1.807) is 18.2 Å². The SMILES string of the molecule is CC(=O)N[C@@H](CC(C)C)C(=O)N[C@H](Cc1ccc(Cl)cc1Cl)C(N)=O. The summed E-state index contributed by atoms with van der Waals surface area (Å²) < 4.78 is 0. The van der Waals surface area contributed by atoms with Crippen molar-refractivity contribution in [2.24, 2.45) is 11.7 Å². The molecule has 0 aliphatic rings. The normalized spacial score (nSPS) is 13.2. The lowest BCUT2D eigenvalue weighted by molar-refractivity contribution is -0.131. The van der Waals surface area contributed by atoms with E-state index in [1.807, 2.05) is 13.8 Å². The van der Waals surface area contributed by atoms with Gasteiger partial charge in [-0.2, -0.15) is 0 Å². The molecule has 1 aromatic rings. The number of carbonyl (C=O) groups excluding carboxylic acids is 3. The van der Waals surface area contributed by atoms with E-state index in [2.05, 4.69) is 10.6 Å². The van der Waals surface area contributed by atoms with Gasteiger partial charge in [-0.05, 0) is 30.0 Å². The smallest absolute Gasteiger partial charge is 0.243 e. The maximum Gasteiger partial charge on any atom is 0.243 e. The third-order valence-corrected chi connectivity index (χ3v) is 4.09. The number of halogens is 2. The molecule has 0 saturated heterocycles. The molecule has 0 spiro atoms. The molecule has 0 fully saturated rings. The van der Waals surface area contributed by atoms with Gasteiger partial charge < -0.3 is 16.4 Å². The number of hydrogen-bond donors (Lipinski definition) is 3. The molecule has 0 bridgehead atoms. The second-order valence-corrected chi connectivity index (χ2v) is 7.13. The molecular weight excluding hydrogens is 365 g/mol. The summed E-state index contributed by atoms with van der Waals surface area (Å²) in [5.74, 6) is -1.29. The Morgan fingerprint density at radius 3 is 2.24 bits per heavy atom. The minimum Gasteiger partial charge on any atom is -0.368 e. The van der Waals surface area contributed by atoms with Crippen molar-refractivity contribution in [1.82, 2.24) is 10.6 Å². The molecule has 138 valence electrons. The van der Waals surface area contributed by atoms with Crippen molar-refractivity contribution >= 4 is 40.9 Å². The number of nitrogens with two attached hydrogens (primary N) is 1. The fraction of sp³-hybridized carbons (Fsp3) is 0.471. The average Bonchev–Trinajstić information content (AvgIpc) is 2.47. The Hall–Kier alpha value is -1.79. The van der Waals surface area contributed by atoms with E-state index < -0.39 is 23.9 Å². The molecule has 1 aromatic carbocycles. The molecule has 3 amide bonds. The average molecular weight is 388 g/mol. The molecule has 6 nitrogen and oxygen atoms in total. The first-order valence-electron chi connectivity index (χ1n) is 7.90. The van der Waals surface area contributed by atoms with E-state index in [0.29, 0.717) is 22.0 Å². The van der Waals surface area contributed by atoms with Crippen molar-refractivity contribution < 1.29 is 14.4 Å². The monoisotopic (exact) mass is 387 g/mol. The van der Waals surface area contributed by atoms with Crippen LogP contribution in [0.25, 0.3) is 0 Å². The summed E-state index contributed by atoms with van der Waals surface area (Å²) in [6.07, 6.45) is 0.574. The van der Waals surface area contributed by atoms with Crippen LogP contribution < -0.4 is 16.4 Å². The van der Waals surface area contributed by atoms with Crippen LogP contribution >= 0.6 is 23.2 Å². The van der Waals surface area contributed by atoms with Gasteiger partial charge in [-0.25, -0.2) is 0 Å². The Labute approximate surface area is 157 Å². The summed E-state index contributed by atoms with van der Waals surface area (Å²) >= 11 is 12.0. The Kier molecular flexibility index (Phi) is 8.19.